The Labute approximate surface area is 195 Å². The second-order valence-corrected chi connectivity index (χ2v) is 13.9. The van der Waals surface area contributed by atoms with E-state index in [0.717, 1.165) is 16.6 Å². The fraction of sp³-hybridized carbons (Fsp3) is 0.409. The second-order valence-electron chi connectivity index (χ2n) is 8.39. The van der Waals surface area contributed by atoms with Crippen molar-refractivity contribution in [2.24, 2.45) is 5.92 Å². The number of benzene rings is 2. The quantitative estimate of drug-likeness (QED) is 0.552. The molecule has 2 aromatic rings. The average Bonchev–Trinajstić information content (AvgIpc) is 3.21. The Kier molecular flexibility index (Phi) is 6.23. The van der Waals surface area contributed by atoms with Gasteiger partial charge in [0.15, 0.2) is 9.84 Å². The van der Waals surface area contributed by atoms with Crippen LogP contribution in [0.15, 0.2) is 57.9 Å². The number of halogens is 2. The van der Waals surface area contributed by atoms with Crippen LogP contribution in [-0.2, 0) is 29.2 Å². The van der Waals surface area contributed by atoms with Gasteiger partial charge in [0.2, 0.25) is 5.91 Å². The van der Waals surface area contributed by atoms with Gasteiger partial charge in [-0.25, -0.2) is 21.2 Å². The van der Waals surface area contributed by atoms with Crippen LogP contribution in [0.1, 0.15) is 24.8 Å². The zero-order chi connectivity index (χ0) is 23.1. The van der Waals surface area contributed by atoms with Crippen LogP contribution in [0, 0.1) is 11.7 Å². The van der Waals surface area contributed by atoms with Gasteiger partial charge in [-0.3, -0.25) is 4.79 Å². The summed E-state index contributed by atoms with van der Waals surface area (Å²) in [5, 5.41) is 0. The summed E-state index contributed by atoms with van der Waals surface area (Å²) in [5.41, 5.74) is 0.562. The Balaban J connectivity index is 1.70. The molecule has 2 fully saturated rings. The first-order valence-corrected chi connectivity index (χ1v) is 14.4. The molecular formula is C22H23BrFNO5S2. The van der Waals surface area contributed by atoms with Crippen molar-refractivity contribution in [1.82, 2.24) is 4.90 Å². The minimum Gasteiger partial charge on any atom is -0.340 e. The minimum absolute atomic E-state index is 0.000113. The highest BCUT2D eigenvalue weighted by atomic mass is 79.9. The van der Waals surface area contributed by atoms with Gasteiger partial charge in [0, 0.05) is 23.5 Å². The van der Waals surface area contributed by atoms with Crippen molar-refractivity contribution < 1.29 is 26.0 Å². The summed E-state index contributed by atoms with van der Waals surface area (Å²) >= 11 is 3.37. The molecule has 0 spiro atoms. The lowest BCUT2D eigenvalue weighted by Crippen LogP contribution is -2.43. The zero-order valence-corrected chi connectivity index (χ0v) is 20.4. The van der Waals surface area contributed by atoms with Gasteiger partial charge in [0.05, 0.1) is 16.4 Å². The number of hydrogen-bond acceptors (Lipinski definition) is 5. The largest absolute Gasteiger partial charge is 0.340 e. The molecule has 10 heteroatoms. The number of nitrogens with zero attached hydrogens (tertiary/aromatic N) is 1. The van der Waals surface area contributed by atoms with E-state index >= 15 is 0 Å². The molecule has 2 saturated heterocycles. The Morgan fingerprint density at radius 3 is 2.22 bits per heavy atom. The van der Waals surface area contributed by atoms with E-state index in [4.69, 9.17) is 0 Å². The van der Waals surface area contributed by atoms with Crippen molar-refractivity contribution in [2.45, 2.75) is 28.9 Å². The number of rotatable bonds is 4. The van der Waals surface area contributed by atoms with E-state index < -0.39 is 36.2 Å². The Bertz CT molecular complexity index is 1220. The molecule has 1 atom stereocenters. The topological polar surface area (TPSA) is 88.6 Å². The summed E-state index contributed by atoms with van der Waals surface area (Å²) in [7, 11) is -7.08. The van der Waals surface area contributed by atoms with Gasteiger partial charge in [-0.2, -0.15) is 0 Å². The maximum absolute atomic E-state index is 13.8. The molecule has 2 aliphatic heterocycles. The molecule has 1 amide bonds. The van der Waals surface area contributed by atoms with Crippen LogP contribution in [0.3, 0.4) is 0 Å². The van der Waals surface area contributed by atoms with Gasteiger partial charge in [0.25, 0.3) is 0 Å². The second kappa shape index (κ2) is 8.53. The van der Waals surface area contributed by atoms with Crippen molar-refractivity contribution in [3.8, 4) is 0 Å². The Hall–Kier alpha value is -1.78. The molecule has 32 heavy (non-hydrogen) atoms. The number of hydrogen-bond donors (Lipinski definition) is 0. The lowest BCUT2D eigenvalue weighted by Gasteiger charge is -2.31. The van der Waals surface area contributed by atoms with E-state index in [1.54, 1.807) is 29.2 Å². The molecule has 6 nitrogen and oxygen atoms in total. The van der Waals surface area contributed by atoms with Crippen LogP contribution in [0.25, 0.3) is 0 Å². The molecule has 2 aliphatic rings. The molecule has 0 bridgehead atoms. The Morgan fingerprint density at radius 1 is 1.03 bits per heavy atom. The molecule has 0 radical (unpaired) electrons. The van der Waals surface area contributed by atoms with Crippen molar-refractivity contribution >= 4 is 41.5 Å². The number of sulfone groups is 2. The number of carbonyl (C=O) groups is 1. The standard InChI is InChI=1S/C22H23BrFNO5S2/c23-18-3-1-17(2-4-18)22(32(29,30)20-7-5-19(24)6-8-20)11-12-25(15-22)21(26)16-9-13-31(27,28)14-10-16/h1-8,16H,9-15H2/t22-/m0/s1. The molecule has 2 aromatic carbocycles. The third-order valence-corrected chi connectivity index (χ3v) is 11.2. The van der Waals surface area contributed by atoms with Crippen LogP contribution in [0.4, 0.5) is 4.39 Å². The van der Waals surface area contributed by atoms with E-state index in [0.29, 0.717) is 5.56 Å². The lowest BCUT2D eigenvalue weighted by atomic mass is 9.97. The molecule has 0 saturated carbocycles. The monoisotopic (exact) mass is 543 g/mol. The van der Waals surface area contributed by atoms with Gasteiger partial charge in [-0.1, -0.05) is 28.1 Å². The SMILES string of the molecule is O=C(C1CCS(=O)(=O)CC1)N1CC[C@](c2ccc(Br)cc2)(S(=O)(=O)c2ccc(F)cc2)C1. The van der Waals surface area contributed by atoms with Gasteiger partial charge in [0.1, 0.15) is 20.4 Å². The number of likely N-dealkylation sites (tertiary alicyclic amines) is 1. The zero-order valence-electron chi connectivity index (χ0n) is 17.2. The number of amides is 1. The third kappa shape index (κ3) is 4.24. The molecular weight excluding hydrogens is 521 g/mol. The van der Waals surface area contributed by atoms with E-state index in [1.165, 1.54) is 12.1 Å². The summed E-state index contributed by atoms with van der Waals surface area (Å²) in [5.74, 6) is -1.20. The lowest BCUT2D eigenvalue weighted by molar-refractivity contribution is -0.134. The summed E-state index contributed by atoms with van der Waals surface area (Å²) in [6.45, 7) is 0.217. The molecule has 0 unspecified atom stereocenters. The molecule has 0 aliphatic carbocycles. The summed E-state index contributed by atoms with van der Waals surface area (Å²) < 4.78 is 64.0. The first kappa shape index (κ1) is 23.4. The van der Waals surface area contributed by atoms with Crippen molar-refractivity contribution in [1.29, 1.82) is 0 Å². The van der Waals surface area contributed by atoms with Crippen LogP contribution < -0.4 is 0 Å². The maximum atomic E-state index is 13.8. The predicted octanol–water partition coefficient (Wildman–Crippen LogP) is 3.31. The Morgan fingerprint density at radius 2 is 1.62 bits per heavy atom. The van der Waals surface area contributed by atoms with E-state index in [-0.39, 0.29) is 54.7 Å². The predicted molar refractivity (Wildman–Crippen MR) is 122 cm³/mol. The fourth-order valence-corrected chi connectivity index (χ4v) is 8.40. The summed E-state index contributed by atoms with van der Waals surface area (Å²) in [6.07, 6.45) is 0.715. The molecule has 4 rings (SSSR count). The van der Waals surface area contributed by atoms with E-state index in [2.05, 4.69) is 15.9 Å². The van der Waals surface area contributed by atoms with Gasteiger partial charge in [-0.15, -0.1) is 0 Å². The molecule has 2 heterocycles. The van der Waals surface area contributed by atoms with E-state index in [9.17, 15) is 26.0 Å². The average molecular weight is 544 g/mol. The van der Waals surface area contributed by atoms with Gasteiger partial charge in [-0.05, 0) is 61.2 Å². The first-order chi connectivity index (χ1) is 15.0. The van der Waals surface area contributed by atoms with Crippen LogP contribution >= 0.6 is 15.9 Å². The summed E-state index contributed by atoms with van der Waals surface area (Å²) in [4.78, 5) is 14.7. The molecule has 0 aromatic heterocycles. The normalized spacial score (nSPS) is 23.9. The summed E-state index contributed by atoms with van der Waals surface area (Å²) in [6, 6.07) is 11.7. The highest BCUT2D eigenvalue weighted by Crippen LogP contribution is 2.44. The van der Waals surface area contributed by atoms with Gasteiger partial charge >= 0.3 is 0 Å². The van der Waals surface area contributed by atoms with E-state index in [1.807, 2.05) is 0 Å². The van der Waals surface area contributed by atoms with Crippen LogP contribution in [-0.4, -0.2) is 52.2 Å². The number of carbonyl (C=O) groups excluding carboxylic acids is 1. The van der Waals surface area contributed by atoms with Crippen LogP contribution in [0.2, 0.25) is 0 Å². The van der Waals surface area contributed by atoms with Gasteiger partial charge < -0.3 is 4.90 Å². The first-order valence-electron chi connectivity index (χ1n) is 10.3. The van der Waals surface area contributed by atoms with Crippen molar-refractivity contribution in [3.05, 3.63) is 64.4 Å². The van der Waals surface area contributed by atoms with Crippen molar-refractivity contribution in [3.63, 3.8) is 0 Å². The highest BCUT2D eigenvalue weighted by Gasteiger charge is 2.52. The fourth-order valence-electron chi connectivity index (χ4n) is 4.57. The smallest absolute Gasteiger partial charge is 0.225 e. The maximum Gasteiger partial charge on any atom is 0.225 e. The third-order valence-electron chi connectivity index (χ3n) is 6.46. The highest BCUT2D eigenvalue weighted by molar-refractivity contribution is 9.10. The minimum atomic E-state index is -3.97. The molecule has 0 N–H and O–H groups in total. The van der Waals surface area contributed by atoms with Crippen LogP contribution in [0.5, 0.6) is 0 Å². The van der Waals surface area contributed by atoms with Crippen molar-refractivity contribution in [2.75, 3.05) is 24.6 Å². The molecule has 172 valence electrons.